The zero-order chi connectivity index (χ0) is 13.5. The van der Waals surface area contributed by atoms with Gasteiger partial charge in [0.15, 0.2) is 0 Å². The van der Waals surface area contributed by atoms with Crippen molar-refractivity contribution in [1.29, 1.82) is 0 Å². The molecule has 19 heavy (non-hydrogen) atoms. The molecular formula is C14H21BO4. The molecule has 1 saturated carbocycles. The van der Waals surface area contributed by atoms with Crippen LogP contribution in [0.1, 0.15) is 25.7 Å². The van der Waals surface area contributed by atoms with Crippen molar-refractivity contribution in [1.82, 2.24) is 0 Å². The molecule has 104 valence electrons. The van der Waals surface area contributed by atoms with E-state index in [2.05, 4.69) is 0 Å². The van der Waals surface area contributed by atoms with Crippen LogP contribution in [0.15, 0.2) is 24.3 Å². The number of hydrogen-bond acceptors (Lipinski definition) is 4. The van der Waals surface area contributed by atoms with E-state index in [9.17, 15) is 0 Å². The van der Waals surface area contributed by atoms with Crippen molar-refractivity contribution in [2.45, 2.75) is 25.7 Å². The third-order valence-corrected chi connectivity index (χ3v) is 3.55. The standard InChI is InChI=1S/C14H21BO4/c16-15(17)13-5-2-6-14(11-13)19-10-9-18-8-7-12-3-1-4-12/h2,5-6,11-12,16-17H,1,3-4,7-10H2. The van der Waals surface area contributed by atoms with Gasteiger partial charge in [-0.2, -0.15) is 0 Å². The van der Waals surface area contributed by atoms with Crippen molar-refractivity contribution in [2.24, 2.45) is 5.92 Å². The largest absolute Gasteiger partial charge is 0.491 e. The zero-order valence-electron chi connectivity index (χ0n) is 11.1. The predicted molar refractivity (Wildman–Crippen MR) is 74.5 cm³/mol. The summed E-state index contributed by atoms with van der Waals surface area (Å²) in [6.45, 7) is 1.86. The monoisotopic (exact) mass is 264 g/mol. The lowest BCUT2D eigenvalue weighted by atomic mass is 9.80. The molecule has 1 aliphatic carbocycles. The van der Waals surface area contributed by atoms with Crippen molar-refractivity contribution in [3.8, 4) is 5.75 Å². The Labute approximate surface area is 114 Å². The van der Waals surface area contributed by atoms with Crippen LogP contribution in [-0.2, 0) is 4.74 Å². The highest BCUT2D eigenvalue weighted by molar-refractivity contribution is 6.58. The average molecular weight is 264 g/mol. The fraction of sp³-hybridized carbons (Fsp3) is 0.571. The summed E-state index contributed by atoms with van der Waals surface area (Å²) in [5.74, 6) is 1.51. The van der Waals surface area contributed by atoms with Gasteiger partial charge in [0.2, 0.25) is 0 Å². The molecule has 0 aromatic heterocycles. The molecule has 1 fully saturated rings. The molecule has 0 spiro atoms. The Morgan fingerprint density at radius 3 is 2.68 bits per heavy atom. The smallest absolute Gasteiger partial charge is 0.488 e. The quantitative estimate of drug-likeness (QED) is 0.542. The van der Waals surface area contributed by atoms with Crippen LogP contribution in [0.4, 0.5) is 0 Å². The Hall–Kier alpha value is -1.04. The summed E-state index contributed by atoms with van der Waals surface area (Å²) in [4.78, 5) is 0. The summed E-state index contributed by atoms with van der Waals surface area (Å²) in [5.41, 5.74) is 0.434. The first-order valence-electron chi connectivity index (χ1n) is 6.92. The highest BCUT2D eigenvalue weighted by atomic mass is 16.5. The summed E-state index contributed by atoms with van der Waals surface area (Å²) in [7, 11) is -1.46. The Morgan fingerprint density at radius 1 is 1.16 bits per heavy atom. The fourth-order valence-corrected chi connectivity index (χ4v) is 2.12. The Kier molecular flexibility index (Phi) is 5.70. The molecule has 0 aliphatic heterocycles. The molecule has 5 heteroatoms. The molecule has 0 heterocycles. The van der Waals surface area contributed by atoms with E-state index in [0.29, 0.717) is 24.4 Å². The van der Waals surface area contributed by atoms with E-state index < -0.39 is 7.12 Å². The summed E-state index contributed by atoms with van der Waals surface area (Å²) in [5, 5.41) is 18.1. The van der Waals surface area contributed by atoms with Crippen LogP contribution in [0.25, 0.3) is 0 Å². The second-order valence-electron chi connectivity index (χ2n) is 4.99. The topological polar surface area (TPSA) is 58.9 Å². The van der Waals surface area contributed by atoms with Gasteiger partial charge in [0.25, 0.3) is 0 Å². The van der Waals surface area contributed by atoms with Crippen LogP contribution < -0.4 is 10.2 Å². The number of benzene rings is 1. The Balaban J connectivity index is 1.58. The van der Waals surface area contributed by atoms with Gasteiger partial charge in [0.05, 0.1) is 6.61 Å². The zero-order valence-corrected chi connectivity index (χ0v) is 11.1. The van der Waals surface area contributed by atoms with Crippen molar-refractivity contribution < 1.29 is 19.5 Å². The van der Waals surface area contributed by atoms with E-state index >= 15 is 0 Å². The van der Waals surface area contributed by atoms with Crippen molar-refractivity contribution >= 4 is 12.6 Å². The summed E-state index contributed by atoms with van der Waals surface area (Å²) in [6.07, 6.45) is 5.25. The van der Waals surface area contributed by atoms with Gasteiger partial charge in [0.1, 0.15) is 12.4 Å². The van der Waals surface area contributed by atoms with E-state index in [0.717, 1.165) is 18.9 Å². The Bertz CT molecular complexity index is 379. The molecule has 0 bridgehead atoms. The van der Waals surface area contributed by atoms with Gasteiger partial charge >= 0.3 is 7.12 Å². The van der Waals surface area contributed by atoms with E-state index in [-0.39, 0.29) is 0 Å². The lowest BCUT2D eigenvalue weighted by Gasteiger charge is -2.24. The van der Waals surface area contributed by atoms with Crippen LogP contribution in [0.3, 0.4) is 0 Å². The van der Waals surface area contributed by atoms with E-state index in [1.807, 2.05) is 0 Å². The molecular weight excluding hydrogens is 243 g/mol. The molecule has 0 radical (unpaired) electrons. The lowest BCUT2D eigenvalue weighted by molar-refractivity contribution is 0.0813. The Morgan fingerprint density at radius 2 is 2.00 bits per heavy atom. The summed E-state index contributed by atoms with van der Waals surface area (Å²) in [6, 6.07) is 6.80. The van der Waals surface area contributed by atoms with Gasteiger partial charge in [-0.25, -0.2) is 0 Å². The van der Waals surface area contributed by atoms with Crippen LogP contribution in [-0.4, -0.2) is 37.0 Å². The highest BCUT2D eigenvalue weighted by Gasteiger charge is 2.16. The SMILES string of the molecule is OB(O)c1cccc(OCCOCCC2CCC2)c1. The first kappa shape index (κ1) is 14.4. The fourth-order valence-electron chi connectivity index (χ4n) is 2.12. The molecule has 0 unspecified atom stereocenters. The number of rotatable bonds is 8. The maximum atomic E-state index is 9.05. The maximum absolute atomic E-state index is 9.05. The molecule has 1 aromatic carbocycles. The lowest BCUT2D eigenvalue weighted by Crippen LogP contribution is -2.29. The van der Waals surface area contributed by atoms with Gasteiger partial charge in [-0.05, 0) is 29.9 Å². The van der Waals surface area contributed by atoms with Crippen molar-refractivity contribution in [3.05, 3.63) is 24.3 Å². The number of hydrogen-bond donors (Lipinski definition) is 2. The van der Waals surface area contributed by atoms with E-state index in [1.165, 1.54) is 19.3 Å². The second-order valence-corrected chi connectivity index (χ2v) is 4.99. The van der Waals surface area contributed by atoms with Crippen LogP contribution in [0, 0.1) is 5.92 Å². The molecule has 0 atom stereocenters. The van der Waals surface area contributed by atoms with Gasteiger partial charge in [-0.3, -0.25) is 0 Å². The first-order chi connectivity index (χ1) is 9.25. The minimum Gasteiger partial charge on any atom is -0.491 e. The first-order valence-corrected chi connectivity index (χ1v) is 6.92. The van der Waals surface area contributed by atoms with E-state index in [4.69, 9.17) is 19.5 Å². The van der Waals surface area contributed by atoms with Gasteiger partial charge in [0, 0.05) is 6.61 Å². The normalized spacial score (nSPS) is 15.1. The van der Waals surface area contributed by atoms with Gasteiger partial charge in [-0.15, -0.1) is 0 Å². The summed E-state index contributed by atoms with van der Waals surface area (Å²) >= 11 is 0. The summed E-state index contributed by atoms with van der Waals surface area (Å²) < 4.78 is 11.0. The predicted octanol–water partition coefficient (Wildman–Crippen LogP) is 0.952. The average Bonchev–Trinajstić information content (AvgIpc) is 2.36. The highest BCUT2D eigenvalue weighted by Crippen LogP contribution is 2.28. The van der Waals surface area contributed by atoms with Crippen molar-refractivity contribution in [3.63, 3.8) is 0 Å². The molecule has 4 nitrogen and oxygen atoms in total. The van der Waals surface area contributed by atoms with Crippen molar-refractivity contribution in [2.75, 3.05) is 19.8 Å². The van der Waals surface area contributed by atoms with E-state index in [1.54, 1.807) is 24.3 Å². The second kappa shape index (κ2) is 7.53. The third-order valence-electron chi connectivity index (χ3n) is 3.55. The molecule has 2 N–H and O–H groups in total. The van der Waals surface area contributed by atoms with Crippen LogP contribution >= 0.6 is 0 Å². The molecule has 0 saturated heterocycles. The molecule has 1 aromatic rings. The van der Waals surface area contributed by atoms with Crippen LogP contribution in [0.5, 0.6) is 5.75 Å². The van der Waals surface area contributed by atoms with Crippen LogP contribution in [0.2, 0.25) is 0 Å². The molecule has 1 aliphatic rings. The molecule has 2 rings (SSSR count). The minimum atomic E-state index is -1.46. The molecule has 0 amide bonds. The minimum absolute atomic E-state index is 0.434. The third kappa shape index (κ3) is 4.86. The number of ether oxygens (including phenoxy) is 2. The van der Waals surface area contributed by atoms with Gasteiger partial charge < -0.3 is 19.5 Å². The van der Waals surface area contributed by atoms with Gasteiger partial charge in [-0.1, -0.05) is 31.4 Å². The maximum Gasteiger partial charge on any atom is 0.488 e.